The Bertz CT molecular complexity index is 1000. The highest BCUT2D eigenvalue weighted by Gasteiger charge is 2.13. The molecule has 0 aliphatic carbocycles. The smallest absolute Gasteiger partial charge is 0.167 e. The van der Waals surface area contributed by atoms with Gasteiger partial charge in [-0.15, -0.1) is 0 Å². The number of unbranched alkanes of at least 4 members (excludes halogenated alkanes) is 1. The van der Waals surface area contributed by atoms with Gasteiger partial charge in [-0.05, 0) is 60.9 Å². The fourth-order valence-electron chi connectivity index (χ4n) is 4.71. The first-order valence-electron chi connectivity index (χ1n) is 12.4. The number of hydrogen-bond donors (Lipinski definition) is 0. The van der Waals surface area contributed by atoms with Crippen molar-refractivity contribution in [3.63, 3.8) is 0 Å². The molecule has 1 unspecified atom stereocenters. The Hall–Kier alpha value is -2.87. The third-order valence-corrected chi connectivity index (χ3v) is 6.45. The van der Waals surface area contributed by atoms with Crippen LogP contribution >= 0.6 is 0 Å². The molecule has 0 amide bonds. The van der Waals surface area contributed by atoms with Gasteiger partial charge in [-0.2, -0.15) is 0 Å². The standard InChI is InChI=1S/C31H38O2/c1-4-10-25(22-27-13-9-11-24(2)21-27)12-5-6-14-28-15-7-8-16-30(28)31(32)23-26-17-19-29(33-3)20-18-26/h7-9,11,13,15-21,25H,4-6,10,12,14,22-23H2,1-3H3. The van der Waals surface area contributed by atoms with Gasteiger partial charge in [0.2, 0.25) is 0 Å². The van der Waals surface area contributed by atoms with E-state index in [0.29, 0.717) is 6.42 Å². The molecule has 3 rings (SSSR count). The molecule has 2 nitrogen and oxygen atoms in total. The van der Waals surface area contributed by atoms with Crippen LogP contribution in [-0.4, -0.2) is 12.9 Å². The maximum absolute atomic E-state index is 13.0. The van der Waals surface area contributed by atoms with Crippen LogP contribution in [0.4, 0.5) is 0 Å². The van der Waals surface area contributed by atoms with Gasteiger partial charge >= 0.3 is 0 Å². The Kier molecular flexibility index (Phi) is 9.75. The summed E-state index contributed by atoms with van der Waals surface area (Å²) < 4.78 is 5.22. The summed E-state index contributed by atoms with van der Waals surface area (Å²) >= 11 is 0. The van der Waals surface area contributed by atoms with E-state index in [1.807, 2.05) is 36.4 Å². The molecule has 0 aliphatic rings. The molecule has 0 saturated heterocycles. The second-order valence-electron chi connectivity index (χ2n) is 9.20. The molecule has 0 fully saturated rings. The maximum atomic E-state index is 13.0. The van der Waals surface area contributed by atoms with Crippen LogP contribution in [0.2, 0.25) is 0 Å². The van der Waals surface area contributed by atoms with E-state index >= 15 is 0 Å². The molecular formula is C31H38O2. The van der Waals surface area contributed by atoms with Gasteiger partial charge in [0.1, 0.15) is 5.75 Å². The van der Waals surface area contributed by atoms with Crippen molar-refractivity contribution >= 4 is 5.78 Å². The van der Waals surface area contributed by atoms with Gasteiger partial charge in [-0.1, -0.05) is 98.8 Å². The molecule has 3 aromatic rings. The molecule has 0 bridgehead atoms. The molecule has 3 aromatic carbocycles. The molecule has 0 aliphatic heterocycles. The van der Waals surface area contributed by atoms with Crippen LogP contribution in [0.15, 0.2) is 72.8 Å². The number of Topliss-reactive ketones (excluding diaryl/α,β-unsaturated/α-hetero) is 1. The van der Waals surface area contributed by atoms with Gasteiger partial charge in [-0.3, -0.25) is 4.79 Å². The topological polar surface area (TPSA) is 26.3 Å². The van der Waals surface area contributed by atoms with E-state index in [1.165, 1.54) is 48.8 Å². The van der Waals surface area contributed by atoms with E-state index in [0.717, 1.165) is 35.6 Å². The fraction of sp³-hybridized carbons (Fsp3) is 0.387. The molecule has 1 atom stereocenters. The Morgan fingerprint density at radius 3 is 2.39 bits per heavy atom. The monoisotopic (exact) mass is 442 g/mol. The lowest BCUT2D eigenvalue weighted by Gasteiger charge is -2.17. The lowest BCUT2D eigenvalue weighted by molar-refractivity contribution is 0.0992. The van der Waals surface area contributed by atoms with Gasteiger partial charge in [-0.25, -0.2) is 0 Å². The Balaban J connectivity index is 1.53. The highest BCUT2D eigenvalue weighted by atomic mass is 16.5. The van der Waals surface area contributed by atoms with E-state index in [-0.39, 0.29) is 5.78 Å². The van der Waals surface area contributed by atoms with Gasteiger partial charge in [0, 0.05) is 12.0 Å². The summed E-state index contributed by atoms with van der Waals surface area (Å²) in [6.07, 6.45) is 8.67. The highest BCUT2D eigenvalue weighted by Crippen LogP contribution is 2.23. The van der Waals surface area contributed by atoms with Crippen LogP contribution in [0.25, 0.3) is 0 Å². The van der Waals surface area contributed by atoms with Crippen molar-refractivity contribution in [1.82, 2.24) is 0 Å². The SMILES string of the molecule is CCCC(CCCCc1ccccc1C(=O)Cc1ccc(OC)cc1)Cc1cccc(C)c1. The molecule has 0 spiro atoms. The maximum Gasteiger partial charge on any atom is 0.167 e. The van der Waals surface area contributed by atoms with Crippen LogP contribution in [0.1, 0.15) is 71.6 Å². The average Bonchev–Trinajstić information content (AvgIpc) is 2.82. The Labute approximate surface area is 200 Å². The third kappa shape index (κ3) is 7.89. The number of hydrogen-bond acceptors (Lipinski definition) is 2. The van der Waals surface area contributed by atoms with Crippen molar-refractivity contribution in [3.8, 4) is 5.75 Å². The summed E-state index contributed by atoms with van der Waals surface area (Å²) in [5, 5.41) is 0. The number of methoxy groups -OCH3 is 1. The minimum Gasteiger partial charge on any atom is -0.497 e. The predicted molar refractivity (Wildman–Crippen MR) is 138 cm³/mol. The third-order valence-electron chi connectivity index (χ3n) is 6.45. The normalized spacial score (nSPS) is 11.8. The quantitative estimate of drug-likeness (QED) is 0.199. The minimum atomic E-state index is 0.194. The summed E-state index contributed by atoms with van der Waals surface area (Å²) in [4.78, 5) is 13.0. The van der Waals surface area contributed by atoms with E-state index < -0.39 is 0 Å². The van der Waals surface area contributed by atoms with E-state index in [4.69, 9.17) is 4.74 Å². The zero-order valence-corrected chi connectivity index (χ0v) is 20.5. The second-order valence-corrected chi connectivity index (χ2v) is 9.20. The first-order chi connectivity index (χ1) is 16.1. The summed E-state index contributed by atoms with van der Waals surface area (Å²) in [5.41, 5.74) is 5.88. The summed E-state index contributed by atoms with van der Waals surface area (Å²) in [6.45, 7) is 4.46. The van der Waals surface area contributed by atoms with Crippen LogP contribution in [-0.2, 0) is 19.3 Å². The van der Waals surface area contributed by atoms with Crippen molar-refractivity contribution in [1.29, 1.82) is 0 Å². The number of carbonyl (C=O) groups is 1. The number of ether oxygens (including phenoxy) is 1. The summed E-state index contributed by atoms with van der Waals surface area (Å²) in [6, 6.07) is 24.9. The molecular weight excluding hydrogens is 404 g/mol. The minimum absolute atomic E-state index is 0.194. The number of rotatable bonds is 13. The van der Waals surface area contributed by atoms with Crippen molar-refractivity contribution in [2.45, 2.75) is 65.2 Å². The molecule has 0 radical (unpaired) electrons. The van der Waals surface area contributed by atoms with Gasteiger partial charge in [0.25, 0.3) is 0 Å². The zero-order chi connectivity index (χ0) is 23.5. The first kappa shape index (κ1) is 24.8. The Morgan fingerprint density at radius 1 is 0.879 bits per heavy atom. The number of ketones is 1. The summed E-state index contributed by atoms with van der Waals surface area (Å²) in [7, 11) is 1.66. The van der Waals surface area contributed by atoms with Crippen molar-refractivity contribution in [2.24, 2.45) is 5.92 Å². The molecule has 0 N–H and O–H groups in total. The zero-order valence-electron chi connectivity index (χ0n) is 20.5. The van der Waals surface area contributed by atoms with Crippen LogP contribution < -0.4 is 4.74 Å². The van der Waals surface area contributed by atoms with Crippen LogP contribution in [0.5, 0.6) is 5.75 Å². The van der Waals surface area contributed by atoms with Gasteiger partial charge in [0.05, 0.1) is 7.11 Å². The fourth-order valence-corrected chi connectivity index (χ4v) is 4.71. The average molecular weight is 443 g/mol. The van der Waals surface area contributed by atoms with E-state index in [9.17, 15) is 4.79 Å². The summed E-state index contributed by atoms with van der Waals surface area (Å²) in [5.74, 6) is 1.75. The van der Waals surface area contributed by atoms with E-state index in [1.54, 1.807) is 7.11 Å². The van der Waals surface area contributed by atoms with Gasteiger partial charge in [0.15, 0.2) is 5.78 Å². The first-order valence-corrected chi connectivity index (χ1v) is 12.4. The van der Waals surface area contributed by atoms with Gasteiger partial charge < -0.3 is 4.74 Å². The molecule has 174 valence electrons. The van der Waals surface area contributed by atoms with Crippen molar-refractivity contribution in [2.75, 3.05) is 7.11 Å². The number of carbonyl (C=O) groups excluding carboxylic acids is 1. The predicted octanol–water partition coefficient (Wildman–Crippen LogP) is 7.80. The van der Waals surface area contributed by atoms with Crippen molar-refractivity contribution in [3.05, 3.63) is 101 Å². The molecule has 0 aromatic heterocycles. The highest BCUT2D eigenvalue weighted by molar-refractivity contribution is 5.98. The van der Waals surface area contributed by atoms with Crippen molar-refractivity contribution < 1.29 is 9.53 Å². The lowest BCUT2D eigenvalue weighted by atomic mass is 9.89. The molecule has 33 heavy (non-hydrogen) atoms. The molecule has 2 heteroatoms. The second kappa shape index (κ2) is 13.0. The number of benzene rings is 3. The largest absolute Gasteiger partial charge is 0.497 e. The molecule has 0 saturated carbocycles. The van der Waals surface area contributed by atoms with E-state index in [2.05, 4.69) is 50.2 Å². The number of aryl methyl sites for hydroxylation is 2. The Morgan fingerprint density at radius 2 is 1.67 bits per heavy atom. The molecule has 0 heterocycles. The lowest BCUT2D eigenvalue weighted by Crippen LogP contribution is -2.08. The van der Waals surface area contributed by atoms with Crippen LogP contribution in [0.3, 0.4) is 0 Å². The van der Waals surface area contributed by atoms with Crippen LogP contribution in [0, 0.1) is 12.8 Å².